The zero-order chi connectivity index (χ0) is 22.5. The van der Waals surface area contributed by atoms with Gasteiger partial charge in [-0.2, -0.15) is 0 Å². The standard InChI is InChI=1S/C21H37N5O3S/c1-16-14-23-18(15-22-16)17(24-30(28)21(5,6)7)8-9-25-10-12-26(13-11-25)19(27)29-20(2,3)4/h14-15,17,24H,8-13H2,1-7H3. The van der Waals surface area contributed by atoms with E-state index in [-0.39, 0.29) is 16.9 Å². The van der Waals surface area contributed by atoms with E-state index in [0.717, 1.165) is 37.4 Å². The summed E-state index contributed by atoms with van der Waals surface area (Å²) in [4.78, 5) is 25.2. The monoisotopic (exact) mass is 439 g/mol. The highest BCUT2D eigenvalue weighted by Gasteiger charge is 2.31. The molecule has 1 amide bonds. The van der Waals surface area contributed by atoms with Gasteiger partial charge in [-0.05, 0) is 54.9 Å². The minimum absolute atomic E-state index is 0.151. The van der Waals surface area contributed by atoms with E-state index in [9.17, 15) is 9.35 Å². The van der Waals surface area contributed by atoms with E-state index in [1.54, 1.807) is 17.3 Å². The smallest absolute Gasteiger partial charge is 0.410 e. The van der Waals surface area contributed by atoms with Crippen molar-refractivity contribution < 1.29 is 14.1 Å². The molecule has 30 heavy (non-hydrogen) atoms. The summed E-state index contributed by atoms with van der Waals surface area (Å²) >= 11 is -1.21. The first-order valence-electron chi connectivity index (χ1n) is 10.5. The lowest BCUT2D eigenvalue weighted by Crippen LogP contribution is -2.50. The summed E-state index contributed by atoms with van der Waals surface area (Å²) in [5.41, 5.74) is 1.17. The van der Waals surface area contributed by atoms with Crippen LogP contribution in [0.5, 0.6) is 0 Å². The van der Waals surface area contributed by atoms with Crippen molar-refractivity contribution in [2.24, 2.45) is 0 Å². The highest BCUT2D eigenvalue weighted by atomic mass is 32.2. The molecular weight excluding hydrogens is 402 g/mol. The number of rotatable bonds is 6. The Hall–Kier alpha value is -1.42. The molecule has 1 aromatic heterocycles. The summed E-state index contributed by atoms with van der Waals surface area (Å²) in [7, 11) is 0. The number of aryl methyl sites for hydroxylation is 1. The summed E-state index contributed by atoms with van der Waals surface area (Å²) in [6.07, 6.45) is 4.00. The second-order valence-corrected chi connectivity index (χ2v) is 11.7. The Morgan fingerprint density at radius 1 is 1.17 bits per heavy atom. The summed E-state index contributed by atoms with van der Waals surface area (Å²) in [5, 5.41) is 0. The van der Waals surface area contributed by atoms with E-state index in [1.165, 1.54) is 0 Å². The van der Waals surface area contributed by atoms with Gasteiger partial charge >= 0.3 is 6.09 Å². The third-order valence-corrected chi connectivity index (χ3v) is 6.33. The Kier molecular flexibility index (Phi) is 8.50. The van der Waals surface area contributed by atoms with Crippen LogP contribution in [0.3, 0.4) is 0 Å². The predicted molar refractivity (Wildman–Crippen MR) is 119 cm³/mol. The molecule has 1 saturated heterocycles. The summed E-state index contributed by atoms with van der Waals surface area (Å²) in [5.74, 6) is 0. The molecule has 1 aliphatic rings. The van der Waals surface area contributed by atoms with E-state index in [2.05, 4.69) is 19.6 Å². The van der Waals surface area contributed by atoms with Crippen molar-refractivity contribution in [3.8, 4) is 0 Å². The number of hydrogen-bond donors (Lipinski definition) is 1. The van der Waals surface area contributed by atoms with Crippen LogP contribution in [0.2, 0.25) is 0 Å². The van der Waals surface area contributed by atoms with Crippen LogP contribution in [-0.2, 0) is 16.1 Å². The Bertz CT molecular complexity index is 679. The molecule has 2 rings (SSSR count). The third kappa shape index (κ3) is 8.02. The lowest BCUT2D eigenvalue weighted by atomic mass is 10.1. The molecular formula is C21H37N5O3S. The molecule has 0 aliphatic carbocycles. The van der Waals surface area contributed by atoms with Crippen LogP contribution in [0, 0.1) is 6.92 Å². The SMILES string of the molecule is Cc1cnc(C(CCN2CCN(C(=O)OC(C)(C)C)CC2)N[S+]([O-])C(C)(C)C)cn1. The van der Waals surface area contributed by atoms with Gasteiger partial charge in [0.1, 0.15) is 10.3 Å². The van der Waals surface area contributed by atoms with Gasteiger partial charge in [-0.1, -0.05) is 0 Å². The molecule has 1 aliphatic heterocycles. The van der Waals surface area contributed by atoms with E-state index < -0.39 is 17.0 Å². The van der Waals surface area contributed by atoms with Gasteiger partial charge in [-0.25, -0.2) is 4.79 Å². The number of nitrogens with zero attached hydrogens (tertiary/aromatic N) is 4. The molecule has 0 radical (unpaired) electrons. The van der Waals surface area contributed by atoms with Crippen molar-refractivity contribution in [3.05, 3.63) is 23.8 Å². The summed E-state index contributed by atoms with van der Waals surface area (Å²) in [6, 6.07) is -0.151. The van der Waals surface area contributed by atoms with Crippen LogP contribution in [0.1, 0.15) is 65.4 Å². The van der Waals surface area contributed by atoms with Crippen molar-refractivity contribution in [3.63, 3.8) is 0 Å². The van der Waals surface area contributed by atoms with Crippen molar-refractivity contribution >= 4 is 17.5 Å². The molecule has 2 heterocycles. The Balaban J connectivity index is 1.92. The third-order valence-electron chi connectivity index (χ3n) is 4.72. The number of aromatic nitrogens is 2. The average Bonchev–Trinajstić information content (AvgIpc) is 2.64. The highest BCUT2D eigenvalue weighted by molar-refractivity contribution is 7.90. The van der Waals surface area contributed by atoms with Crippen LogP contribution in [-0.4, -0.2) is 73.5 Å². The van der Waals surface area contributed by atoms with E-state index in [4.69, 9.17) is 4.74 Å². The maximum atomic E-state index is 12.7. The van der Waals surface area contributed by atoms with Crippen LogP contribution in [0.4, 0.5) is 4.79 Å². The molecule has 9 heteroatoms. The number of piperazine rings is 1. The number of amides is 1. The Morgan fingerprint density at radius 3 is 2.30 bits per heavy atom. The van der Waals surface area contributed by atoms with Crippen molar-refractivity contribution in [2.45, 2.75) is 71.3 Å². The number of nitrogens with one attached hydrogen (secondary N) is 1. The van der Waals surface area contributed by atoms with Gasteiger partial charge in [0.15, 0.2) is 0 Å². The first-order valence-corrected chi connectivity index (χ1v) is 11.7. The number of carbonyl (C=O) groups excluding carboxylic acids is 1. The predicted octanol–water partition coefficient (Wildman–Crippen LogP) is 2.82. The molecule has 170 valence electrons. The Labute approximate surface area is 184 Å². The molecule has 0 aromatic carbocycles. The molecule has 1 aromatic rings. The van der Waals surface area contributed by atoms with Crippen molar-refractivity contribution in [1.82, 2.24) is 24.5 Å². The van der Waals surface area contributed by atoms with E-state index in [0.29, 0.717) is 13.1 Å². The first kappa shape index (κ1) is 24.8. The molecule has 2 atom stereocenters. The van der Waals surface area contributed by atoms with E-state index in [1.807, 2.05) is 48.5 Å². The zero-order valence-electron chi connectivity index (χ0n) is 19.4. The molecule has 0 bridgehead atoms. The number of ether oxygens (including phenoxy) is 1. The van der Waals surface area contributed by atoms with Crippen LogP contribution in [0.15, 0.2) is 12.4 Å². The molecule has 0 saturated carbocycles. The van der Waals surface area contributed by atoms with Gasteiger partial charge in [-0.15, -0.1) is 4.72 Å². The van der Waals surface area contributed by atoms with Gasteiger partial charge in [0.25, 0.3) is 0 Å². The largest absolute Gasteiger partial charge is 0.598 e. The number of hydrogen-bond acceptors (Lipinski definition) is 7. The minimum atomic E-state index is -1.21. The molecule has 2 unspecified atom stereocenters. The van der Waals surface area contributed by atoms with E-state index >= 15 is 0 Å². The van der Waals surface area contributed by atoms with Crippen LogP contribution < -0.4 is 4.72 Å². The zero-order valence-corrected chi connectivity index (χ0v) is 20.2. The summed E-state index contributed by atoms with van der Waals surface area (Å²) < 4.78 is 21.0. The Morgan fingerprint density at radius 2 is 1.80 bits per heavy atom. The van der Waals surface area contributed by atoms with Gasteiger partial charge in [0, 0.05) is 50.3 Å². The normalized spacial score (nSPS) is 18.2. The minimum Gasteiger partial charge on any atom is -0.598 e. The molecule has 1 fully saturated rings. The topological polar surface area (TPSA) is 93.7 Å². The maximum absolute atomic E-state index is 12.7. The summed E-state index contributed by atoms with van der Waals surface area (Å²) in [6.45, 7) is 17.1. The van der Waals surface area contributed by atoms with Crippen LogP contribution >= 0.6 is 0 Å². The van der Waals surface area contributed by atoms with Gasteiger partial charge in [0.2, 0.25) is 0 Å². The van der Waals surface area contributed by atoms with Gasteiger partial charge in [-0.3, -0.25) is 14.9 Å². The maximum Gasteiger partial charge on any atom is 0.410 e. The van der Waals surface area contributed by atoms with Gasteiger partial charge < -0.3 is 14.2 Å². The fraction of sp³-hybridized carbons (Fsp3) is 0.762. The fourth-order valence-corrected chi connectivity index (χ4v) is 3.80. The quantitative estimate of drug-likeness (QED) is 0.681. The van der Waals surface area contributed by atoms with Crippen molar-refractivity contribution in [1.29, 1.82) is 0 Å². The van der Waals surface area contributed by atoms with Crippen LogP contribution in [0.25, 0.3) is 0 Å². The van der Waals surface area contributed by atoms with Gasteiger partial charge in [0.05, 0.1) is 23.6 Å². The second-order valence-electron chi connectivity index (χ2n) is 9.73. The highest BCUT2D eigenvalue weighted by Crippen LogP contribution is 2.22. The lowest BCUT2D eigenvalue weighted by Gasteiger charge is -2.36. The fourth-order valence-electron chi connectivity index (χ4n) is 2.95. The number of carbonyl (C=O) groups is 1. The lowest BCUT2D eigenvalue weighted by molar-refractivity contribution is 0.0143. The van der Waals surface area contributed by atoms with Crippen molar-refractivity contribution in [2.75, 3.05) is 32.7 Å². The molecule has 0 spiro atoms. The average molecular weight is 440 g/mol. The second kappa shape index (κ2) is 10.3. The first-order chi connectivity index (χ1) is 13.8. The molecule has 8 nitrogen and oxygen atoms in total. The molecule has 1 N–H and O–H groups in total.